The van der Waals surface area contributed by atoms with Gasteiger partial charge in [0.15, 0.2) is 0 Å². The molecule has 0 aliphatic heterocycles. The predicted octanol–water partition coefficient (Wildman–Crippen LogP) is 1.26. The average molecular weight is 235 g/mol. The quantitative estimate of drug-likeness (QED) is 0.798. The van der Waals surface area contributed by atoms with Crippen molar-refractivity contribution >= 4 is 17.4 Å². The number of nitrogen functional groups attached to an aromatic ring is 1. The van der Waals surface area contributed by atoms with Gasteiger partial charge in [0.05, 0.1) is 25.0 Å². The average Bonchev–Trinajstić information content (AvgIpc) is 2.30. The summed E-state index contributed by atoms with van der Waals surface area (Å²) >= 11 is 0. The summed E-state index contributed by atoms with van der Waals surface area (Å²) in [7, 11) is 3.24. The van der Waals surface area contributed by atoms with Gasteiger partial charge in [0, 0.05) is 25.7 Å². The number of anilines is 1. The number of nitrogens with two attached hydrogens (primary N) is 1. The van der Waals surface area contributed by atoms with Gasteiger partial charge in [-0.15, -0.1) is 0 Å². The van der Waals surface area contributed by atoms with E-state index in [1.165, 1.54) is 14.0 Å². The van der Waals surface area contributed by atoms with E-state index in [1.54, 1.807) is 24.2 Å². The van der Waals surface area contributed by atoms with Gasteiger partial charge < -0.3 is 15.4 Å². The summed E-state index contributed by atoms with van der Waals surface area (Å²) in [5, 5.41) is 0. The third-order valence-corrected chi connectivity index (χ3v) is 2.50. The molecule has 1 amide bonds. The third kappa shape index (κ3) is 3.21. The van der Waals surface area contributed by atoms with E-state index in [0.717, 1.165) is 5.56 Å². The highest BCUT2D eigenvalue weighted by Crippen LogP contribution is 2.18. The van der Waals surface area contributed by atoms with Crippen LogP contribution in [0.25, 0.3) is 5.76 Å². The molecule has 0 saturated carbocycles. The third-order valence-electron chi connectivity index (χ3n) is 2.50. The van der Waals surface area contributed by atoms with Gasteiger partial charge in [-0.1, -0.05) is 6.58 Å². The zero-order valence-corrected chi connectivity index (χ0v) is 10.4. The molecule has 0 aliphatic carbocycles. The van der Waals surface area contributed by atoms with Gasteiger partial charge in [0.1, 0.15) is 5.76 Å². The van der Waals surface area contributed by atoms with Gasteiger partial charge in [-0.25, -0.2) is 0 Å². The van der Waals surface area contributed by atoms with Crippen LogP contribution >= 0.6 is 0 Å². The number of ether oxygens (including phenoxy) is 1. The highest BCUT2D eigenvalue weighted by atomic mass is 16.5. The summed E-state index contributed by atoms with van der Waals surface area (Å²) in [6.07, 6.45) is 1.63. The number of hydrogen-bond donors (Lipinski definition) is 1. The second-order valence-corrected chi connectivity index (χ2v) is 3.76. The maximum atomic E-state index is 11.1. The lowest BCUT2D eigenvalue weighted by Gasteiger charge is -2.16. The summed E-state index contributed by atoms with van der Waals surface area (Å²) in [5.74, 6) is 0.479. The van der Waals surface area contributed by atoms with Crippen molar-refractivity contribution in [3.63, 3.8) is 0 Å². The summed E-state index contributed by atoms with van der Waals surface area (Å²) in [6, 6.07) is 1.74. The molecule has 17 heavy (non-hydrogen) atoms. The van der Waals surface area contributed by atoms with E-state index in [-0.39, 0.29) is 5.91 Å². The molecule has 1 rings (SSSR count). The Morgan fingerprint density at radius 1 is 1.65 bits per heavy atom. The Bertz CT molecular complexity index is 443. The fourth-order valence-corrected chi connectivity index (χ4v) is 1.25. The van der Waals surface area contributed by atoms with Crippen molar-refractivity contribution < 1.29 is 9.53 Å². The van der Waals surface area contributed by atoms with Crippen molar-refractivity contribution in [3.8, 4) is 0 Å². The number of nitrogens with zero attached hydrogens (tertiary/aromatic N) is 2. The molecule has 0 fully saturated rings. The molecule has 1 aromatic rings. The molecule has 0 spiro atoms. The van der Waals surface area contributed by atoms with Crippen LogP contribution in [0.2, 0.25) is 0 Å². The van der Waals surface area contributed by atoms with Gasteiger partial charge in [0.2, 0.25) is 5.91 Å². The second-order valence-electron chi connectivity index (χ2n) is 3.76. The van der Waals surface area contributed by atoms with Gasteiger partial charge in [-0.3, -0.25) is 9.78 Å². The summed E-state index contributed by atoms with van der Waals surface area (Å²) in [4.78, 5) is 16.9. The minimum Gasteiger partial charge on any atom is -0.497 e. The van der Waals surface area contributed by atoms with Crippen LogP contribution in [0.5, 0.6) is 0 Å². The Balaban J connectivity index is 2.90. The molecule has 0 bridgehead atoms. The molecular weight excluding hydrogens is 218 g/mol. The summed E-state index contributed by atoms with van der Waals surface area (Å²) < 4.78 is 5.00. The molecule has 0 unspecified atom stereocenters. The van der Waals surface area contributed by atoms with Crippen molar-refractivity contribution in [2.45, 2.75) is 13.5 Å². The molecule has 5 nitrogen and oxygen atoms in total. The van der Waals surface area contributed by atoms with Crippen LogP contribution < -0.4 is 5.73 Å². The zero-order chi connectivity index (χ0) is 13.0. The number of amides is 1. The van der Waals surface area contributed by atoms with Crippen LogP contribution in [0.3, 0.4) is 0 Å². The largest absolute Gasteiger partial charge is 0.497 e. The van der Waals surface area contributed by atoms with Gasteiger partial charge >= 0.3 is 0 Å². The maximum absolute atomic E-state index is 11.1. The summed E-state index contributed by atoms with van der Waals surface area (Å²) in [6.45, 7) is 5.61. The molecule has 0 atom stereocenters. The molecule has 5 heteroatoms. The van der Waals surface area contributed by atoms with Crippen LogP contribution in [-0.2, 0) is 16.1 Å². The lowest BCUT2D eigenvalue weighted by Crippen LogP contribution is -2.24. The van der Waals surface area contributed by atoms with E-state index >= 15 is 0 Å². The molecule has 0 aliphatic rings. The first-order valence-electron chi connectivity index (χ1n) is 5.15. The molecular formula is C12H17N3O2. The van der Waals surface area contributed by atoms with Crippen LogP contribution in [0.15, 0.2) is 18.8 Å². The maximum Gasteiger partial charge on any atom is 0.219 e. The SMILES string of the molecule is C=C(OC)c1cnc(CN(C)C(C)=O)c(N)c1. The predicted molar refractivity (Wildman–Crippen MR) is 66.8 cm³/mol. The molecule has 0 saturated heterocycles. The molecule has 92 valence electrons. The Morgan fingerprint density at radius 3 is 2.76 bits per heavy atom. The van der Waals surface area contributed by atoms with E-state index in [4.69, 9.17) is 10.5 Å². The van der Waals surface area contributed by atoms with E-state index in [1.807, 2.05) is 0 Å². The number of carbonyl (C=O) groups is 1. The second kappa shape index (κ2) is 5.34. The smallest absolute Gasteiger partial charge is 0.219 e. The van der Waals surface area contributed by atoms with Gasteiger partial charge in [-0.05, 0) is 6.07 Å². The van der Waals surface area contributed by atoms with Crippen LogP contribution in [0.1, 0.15) is 18.2 Å². The first kappa shape index (κ1) is 13.0. The first-order chi connectivity index (χ1) is 7.95. The number of carbonyl (C=O) groups excluding carboxylic acids is 1. The minimum absolute atomic E-state index is 0.0309. The van der Waals surface area contributed by atoms with Crippen molar-refractivity contribution in [2.75, 3.05) is 19.9 Å². The Hall–Kier alpha value is -2.04. The van der Waals surface area contributed by atoms with E-state index in [9.17, 15) is 4.79 Å². The summed E-state index contributed by atoms with van der Waals surface area (Å²) in [5.41, 5.74) is 7.78. The van der Waals surface area contributed by atoms with Crippen LogP contribution in [-0.4, -0.2) is 29.9 Å². The fraction of sp³-hybridized carbons (Fsp3) is 0.333. The molecule has 2 N–H and O–H groups in total. The lowest BCUT2D eigenvalue weighted by molar-refractivity contribution is -0.128. The first-order valence-corrected chi connectivity index (χ1v) is 5.15. The fourth-order valence-electron chi connectivity index (χ4n) is 1.25. The molecule has 1 heterocycles. The molecule has 0 aromatic carbocycles. The Kier molecular flexibility index (Phi) is 4.09. The Morgan fingerprint density at radius 2 is 2.29 bits per heavy atom. The van der Waals surface area contributed by atoms with E-state index in [2.05, 4.69) is 11.6 Å². The number of pyridine rings is 1. The zero-order valence-electron chi connectivity index (χ0n) is 10.4. The normalized spacial score (nSPS) is 9.82. The standard InChI is InChI=1S/C12H17N3O2/c1-8(17-4)10-5-11(13)12(14-6-10)7-15(3)9(2)16/h5-6H,1,7,13H2,2-4H3. The van der Waals surface area contributed by atoms with Gasteiger partial charge in [-0.2, -0.15) is 0 Å². The number of hydrogen-bond acceptors (Lipinski definition) is 4. The van der Waals surface area contributed by atoms with Crippen molar-refractivity contribution in [3.05, 3.63) is 30.1 Å². The Labute approximate surface area is 101 Å². The topological polar surface area (TPSA) is 68.5 Å². The van der Waals surface area contributed by atoms with Crippen molar-refractivity contribution in [2.24, 2.45) is 0 Å². The lowest BCUT2D eigenvalue weighted by atomic mass is 10.2. The number of rotatable bonds is 4. The molecule has 0 radical (unpaired) electrons. The highest BCUT2D eigenvalue weighted by molar-refractivity contribution is 5.73. The van der Waals surface area contributed by atoms with Crippen LogP contribution in [0, 0.1) is 0 Å². The molecule has 1 aromatic heterocycles. The minimum atomic E-state index is -0.0309. The highest BCUT2D eigenvalue weighted by Gasteiger charge is 2.09. The monoisotopic (exact) mass is 235 g/mol. The van der Waals surface area contributed by atoms with Crippen molar-refractivity contribution in [1.29, 1.82) is 0 Å². The van der Waals surface area contributed by atoms with E-state index < -0.39 is 0 Å². The number of aromatic nitrogens is 1. The van der Waals surface area contributed by atoms with Crippen LogP contribution in [0.4, 0.5) is 5.69 Å². The van der Waals surface area contributed by atoms with Gasteiger partial charge in [0.25, 0.3) is 0 Å². The van der Waals surface area contributed by atoms with Crippen molar-refractivity contribution in [1.82, 2.24) is 9.88 Å². The van der Waals surface area contributed by atoms with E-state index in [0.29, 0.717) is 23.7 Å². The number of methoxy groups -OCH3 is 1.